The third kappa shape index (κ3) is 4.17. The molecular weight excluding hydrogens is 411 g/mol. The summed E-state index contributed by atoms with van der Waals surface area (Å²) >= 11 is 3.45. The maximum absolute atomic E-state index is 13.0. The number of carbonyl (C=O) groups excluding carboxylic acids is 1. The number of ether oxygens (including phenoxy) is 1. The van der Waals surface area contributed by atoms with Gasteiger partial charge in [0.1, 0.15) is 17.3 Å². The summed E-state index contributed by atoms with van der Waals surface area (Å²) in [6.07, 6.45) is 4.35. The second-order valence-corrected chi connectivity index (χ2v) is 7.27. The molecule has 0 bridgehead atoms. The van der Waals surface area contributed by atoms with Gasteiger partial charge >= 0.3 is 0 Å². The fraction of sp³-hybridized carbons (Fsp3) is 0.143. The third-order valence-corrected chi connectivity index (χ3v) is 5.12. The number of hydrogen-bond donors (Lipinski definition) is 1. The number of amides is 1. The molecule has 27 heavy (non-hydrogen) atoms. The van der Waals surface area contributed by atoms with Crippen molar-refractivity contribution in [2.45, 2.75) is 12.3 Å². The lowest BCUT2D eigenvalue weighted by Crippen LogP contribution is -2.14. The Balaban J connectivity index is 1.39. The first kappa shape index (κ1) is 17.7. The van der Waals surface area contributed by atoms with Crippen LogP contribution in [0.2, 0.25) is 0 Å². The molecule has 136 valence electrons. The summed E-state index contributed by atoms with van der Waals surface area (Å²) in [7, 11) is 0. The minimum absolute atomic E-state index is 0.0101. The Hall–Kier alpha value is -2.73. The summed E-state index contributed by atoms with van der Waals surface area (Å²) in [6.45, 7) is 0. The number of pyridine rings is 1. The lowest BCUT2D eigenvalue weighted by molar-refractivity contribution is -0.117. The lowest BCUT2D eigenvalue weighted by atomic mass is 10.1. The van der Waals surface area contributed by atoms with Gasteiger partial charge in [-0.25, -0.2) is 4.39 Å². The van der Waals surface area contributed by atoms with Crippen LogP contribution in [0.15, 0.2) is 71.5 Å². The van der Waals surface area contributed by atoms with Gasteiger partial charge in [-0.05, 0) is 88.4 Å². The molecule has 1 fully saturated rings. The SMILES string of the molecule is O=C(Nc1ccc(Oc2ccc(F)cc2)c(Br)c1)[C@@H]1C[C@H]1c1ccncc1. The Labute approximate surface area is 164 Å². The molecule has 0 spiro atoms. The first-order valence-corrected chi connectivity index (χ1v) is 9.33. The van der Waals surface area contributed by atoms with Gasteiger partial charge in [0.25, 0.3) is 0 Å². The largest absolute Gasteiger partial charge is 0.456 e. The summed E-state index contributed by atoms with van der Waals surface area (Å²) in [5, 5.41) is 2.95. The number of nitrogens with one attached hydrogen (secondary N) is 1. The van der Waals surface area contributed by atoms with E-state index in [1.807, 2.05) is 12.1 Å². The van der Waals surface area contributed by atoms with Crippen molar-refractivity contribution in [1.82, 2.24) is 4.98 Å². The Morgan fingerprint density at radius 2 is 1.85 bits per heavy atom. The Kier molecular flexibility index (Phi) is 4.90. The van der Waals surface area contributed by atoms with Gasteiger partial charge in [0.05, 0.1) is 4.47 Å². The molecule has 2 atom stereocenters. The minimum Gasteiger partial charge on any atom is -0.456 e. The van der Waals surface area contributed by atoms with Crippen LogP contribution in [0.4, 0.5) is 10.1 Å². The van der Waals surface area contributed by atoms with Gasteiger partial charge in [-0.15, -0.1) is 0 Å². The van der Waals surface area contributed by atoms with E-state index in [1.165, 1.54) is 12.1 Å². The van der Waals surface area contributed by atoms with Crippen molar-refractivity contribution in [3.05, 3.63) is 82.8 Å². The van der Waals surface area contributed by atoms with Gasteiger partial charge in [-0.1, -0.05) is 0 Å². The average Bonchev–Trinajstić information content (AvgIpc) is 3.47. The molecule has 1 heterocycles. The molecule has 1 saturated carbocycles. The van der Waals surface area contributed by atoms with Gasteiger partial charge in [-0.2, -0.15) is 0 Å². The number of benzene rings is 2. The van der Waals surface area contributed by atoms with E-state index in [4.69, 9.17) is 4.74 Å². The highest BCUT2D eigenvalue weighted by atomic mass is 79.9. The van der Waals surface area contributed by atoms with Gasteiger partial charge < -0.3 is 10.1 Å². The normalized spacial score (nSPS) is 18.0. The molecule has 1 aliphatic carbocycles. The molecule has 3 aromatic rings. The zero-order valence-corrected chi connectivity index (χ0v) is 15.8. The molecule has 1 aliphatic rings. The molecule has 1 N–H and O–H groups in total. The van der Waals surface area contributed by atoms with Crippen LogP contribution in [0, 0.1) is 11.7 Å². The maximum atomic E-state index is 13.0. The molecule has 6 heteroatoms. The number of nitrogens with zero attached hydrogens (tertiary/aromatic N) is 1. The Morgan fingerprint density at radius 3 is 2.56 bits per heavy atom. The van der Waals surface area contributed by atoms with Crippen LogP contribution in [-0.4, -0.2) is 10.9 Å². The van der Waals surface area contributed by atoms with Crippen LogP contribution in [0.25, 0.3) is 0 Å². The predicted octanol–water partition coefficient (Wildman–Crippen LogP) is 5.52. The topological polar surface area (TPSA) is 51.2 Å². The van der Waals surface area contributed by atoms with Gasteiger partial charge in [0, 0.05) is 24.0 Å². The molecule has 1 amide bonds. The maximum Gasteiger partial charge on any atom is 0.228 e. The van der Waals surface area contributed by atoms with Crippen LogP contribution < -0.4 is 10.1 Å². The predicted molar refractivity (Wildman–Crippen MR) is 104 cm³/mol. The summed E-state index contributed by atoms with van der Waals surface area (Å²) < 4.78 is 19.4. The second kappa shape index (κ2) is 7.48. The first-order valence-electron chi connectivity index (χ1n) is 8.54. The molecule has 0 unspecified atom stereocenters. The van der Waals surface area contributed by atoms with Gasteiger partial charge in [0.2, 0.25) is 5.91 Å². The smallest absolute Gasteiger partial charge is 0.228 e. The molecule has 0 saturated heterocycles. The number of rotatable bonds is 5. The number of carbonyl (C=O) groups is 1. The van der Waals surface area contributed by atoms with Crippen LogP contribution in [0.5, 0.6) is 11.5 Å². The summed E-state index contributed by atoms with van der Waals surface area (Å²) in [5.41, 5.74) is 1.84. The van der Waals surface area contributed by atoms with Crippen LogP contribution >= 0.6 is 15.9 Å². The molecule has 4 nitrogen and oxygen atoms in total. The molecule has 2 aromatic carbocycles. The number of anilines is 1. The van der Waals surface area contributed by atoms with Gasteiger partial charge in [-0.3, -0.25) is 9.78 Å². The monoisotopic (exact) mass is 426 g/mol. The van der Waals surface area contributed by atoms with Crippen LogP contribution in [0.1, 0.15) is 17.9 Å². The quantitative estimate of drug-likeness (QED) is 0.584. The highest BCUT2D eigenvalue weighted by molar-refractivity contribution is 9.10. The third-order valence-electron chi connectivity index (χ3n) is 4.50. The molecule has 0 aliphatic heterocycles. The van der Waals surface area contributed by atoms with E-state index in [1.54, 1.807) is 42.7 Å². The van der Waals surface area contributed by atoms with E-state index < -0.39 is 0 Å². The lowest BCUT2D eigenvalue weighted by Gasteiger charge is -2.10. The fourth-order valence-corrected chi connectivity index (χ4v) is 3.45. The van der Waals surface area contributed by atoms with E-state index >= 15 is 0 Å². The number of halogens is 2. The zero-order valence-electron chi connectivity index (χ0n) is 14.2. The highest BCUT2D eigenvalue weighted by Gasteiger charge is 2.43. The minimum atomic E-state index is -0.315. The fourth-order valence-electron chi connectivity index (χ4n) is 2.99. The van der Waals surface area contributed by atoms with Crippen molar-refractivity contribution < 1.29 is 13.9 Å². The average molecular weight is 427 g/mol. The molecule has 0 radical (unpaired) electrons. The number of aromatic nitrogens is 1. The van der Waals surface area contributed by atoms with Crippen molar-refractivity contribution in [3.8, 4) is 11.5 Å². The van der Waals surface area contributed by atoms with E-state index in [-0.39, 0.29) is 23.6 Å². The second-order valence-electron chi connectivity index (χ2n) is 6.42. The van der Waals surface area contributed by atoms with Crippen molar-refractivity contribution in [2.24, 2.45) is 5.92 Å². The van der Waals surface area contributed by atoms with E-state index in [0.717, 1.165) is 12.0 Å². The van der Waals surface area contributed by atoms with E-state index in [2.05, 4.69) is 26.2 Å². The standard InChI is InChI=1S/C21H16BrFN2O2/c22-19-11-15(3-6-20(19)27-16-4-1-14(23)2-5-16)25-21(26)18-12-17(18)13-7-9-24-10-8-13/h1-11,17-18H,12H2,(H,25,26)/t17-,18+/m0/s1. The van der Waals surface area contributed by atoms with Crippen molar-refractivity contribution in [1.29, 1.82) is 0 Å². The summed E-state index contributed by atoms with van der Waals surface area (Å²) in [5.74, 6) is 1.06. The van der Waals surface area contributed by atoms with E-state index in [9.17, 15) is 9.18 Å². The Bertz CT molecular complexity index is 964. The highest BCUT2D eigenvalue weighted by Crippen LogP contribution is 2.47. The summed E-state index contributed by atoms with van der Waals surface area (Å²) in [6, 6.07) is 15.0. The summed E-state index contributed by atoms with van der Waals surface area (Å²) in [4.78, 5) is 16.5. The number of hydrogen-bond acceptors (Lipinski definition) is 3. The molecule has 1 aromatic heterocycles. The van der Waals surface area contributed by atoms with Crippen molar-refractivity contribution in [3.63, 3.8) is 0 Å². The zero-order chi connectivity index (χ0) is 18.8. The van der Waals surface area contributed by atoms with Gasteiger partial charge in [0.15, 0.2) is 0 Å². The van der Waals surface area contributed by atoms with Crippen LogP contribution in [-0.2, 0) is 4.79 Å². The van der Waals surface area contributed by atoms with Crippen molar-refractivity contribution in [2.75, 3.05) is 5.32 Å². The van der Waals surface area contributed by atoms with Crippen molar-refractivity contribution >= 4 is 27.5 Å². The van der Waals surface area contributed by atoms with E-state index in [0.29, 0.717) is 21.7 Å². The molecule has 4 rings (SSSR count). The Morgan fingerprint density at radius 1 is 1.11 bits per heavy atom. The molecular formula is C21H16BrFN2O2. The first-order chi connectivity index (χ1) is 13.1. The van der Waals surface area contributed by atoms with Crippen LogP contribution in [0.3, 0.4) is 0 Å².